The lowest BCUT2D eigenvalue weighted by Gasteiger charge is -2.00. The molecular formula is C9H20N2O3. The number of hydrogen-bond acceptors (Lipinski definition) is 3. The van der Waals surface area contributed by atoms with Crippen LogP contribution in [0.4, 0.5) is 0 Å². The van der Waals surface area contributed by atoms with Crippen molar-refractivity contribution in [3.8, 4) is 0 Å². The van der Waals surface area contributed by atoms with E-state index in [1.165, 1.54) is 0 Å². The van der Waals surface area contributed by atoms with Crippen LogP contribution in [-0.4, -0.2) is 30.1 Å². The standard InChI is InChI=1S/C7H14N2O3.C2H6/c8-6(11)2-1-3-7(12)9-4-5-10;1-2/h10H,1-5H2,(H2,8,11)(H,9,12);1-2H3. The Morgan fingerprint density at radius 1 is 1.29 bits per heavy atom. The number of carbonyl (C=O) groups excluding carboxylic acids is 2. The van der Waals surface area contributed by atoms with Crippen molar-refractivity contribution in [2.45, 2.75) is 33.1 Å². The number of aliphatic hydroxyl groups excluding tert-OH is 1. The molecule has 0 aromatic rings. The van der Waals surface area contributed by atoms with Gasteiger partial charge in [0, 0.05) is 19.4 Å². The van der Waals surface area contributed by atoms with E-state index in [0.29, 0.717) is 6.42 Å². The molecule has 2 amide bonds. The predicted molar refractivity (Wildman–Crippen MR) is 54.5 cm³/mol. The van der Waals surface area contributed by atoms with E-state index in [-0.39, 0.29) is 31.9 Å². The maximum absolute atomic E-state index is 10.8. The zero-order valence-corrected chi connectivity index (χ0v) is 8.88. The second kappa shape index (κ2) is 11.9. The predicted octanol–water partition coefficient (Wildman–Crippen LogP) is -0.223. The number of carbonyl (C=O) groups is 2. The zero-order chi connectivity index (χ0) is 11.4. The first kappa shape index (κ1) is 15.4. The molecule has 0 atom stereocenters. The number of hydrogen-bond donors (Lipinski definition) is 3. The van der Waals surface area contributed by atoms with Gasteiger partial charge in [0.1, 0.15) is 0 Å². The molecule has 14 heavy (non-hydrogen) atoms. The van der Waals surface area contributed by atoms with E-state index in [4.69, 9.17) is 10.8 Å². The Kier molecular flexibility index (Phi) is 13.1. The fraction of sp³-hybridized carbons (Fsp3) is 0.778. The van der Waals surface area contributed by atoms with E-state index in [0.717, 1.165) is 0 Å². The van der Waals surface area contributed by atoms with E-state index in [1.54, 1.807) is 0 Å². The first-order valence-corrected chi connectivity index (χ1v) is 4.82. The van der Waals surface area contributed by atoms with Gasteiger partial charge in [-0.25, -0.2) is 0 Å². The lowest BCUT2D eigenvalue weighted by molar-refractivity contribution is -0.121. The van der Waals surface area contributed by atoms with Gasteiger partial charge in [-0.05, 0) is 6.42 Å². The van der Waals surface area contributed by atoms with Crippen molar-refractivity contribution in [1.82, 2.24) is 5.32 Å². The molecular weight excluding hydrogens is 184 g/mol. The minimum atomic E-state index is -0.398. The highest BCUT2D eigenvalue weighted by molar-refractivity contribution is 5.77. The summed E-state index contributed by atoms with van der Waals surface area (Å²) in [5, 5.41) is 10.8. The summed E-state index contributed by atoms with van der Waals surface area (Å²) in [5.74, 6) is -0.560. The van der Waals surface area contributed by atoms with Crippen LogP contribution in [0.5, 0.6) is 0 Å². The van der Waals surface area contributed by atoms with Gasteiger partial charge in [0.15, 0.2) is 0 Å². The molecule has 0 radical (unpaired) electrons. The average Bonchev–Trinajstić information content (AvgIpc) is 2.17. The summed E-state index contributed by atoms with van der Waals surface area (Å²) >= 11 is 0. The van der Waals surface area contributed by atoms with Crippen molar-refractivity contribution >= 4 is 11.8 Å². The lowest BCUT2D eigenvalue weighted by atomic mass is 10.2. The topological polar surface area (TPSA) is 92.4 Å². The van der Waals surface area contributed by atoms with Crippen LogP contribution in [0.25, 0.3) is 0 Å². The molecule has 5 heteroatoms. The second-order valence-electron chi connectivity index (χ2n) is 2.39. The largest absolute Gasteiger partial charge is 0.395 e. The molecule has 0 fully saturated rings. The first-order chi connectivity index (χ1) is 6.66. The summed E-state index contributed by atoms with van der Waals surface area (Å²) in [7, 11) is 0. The Balaban J connectivity index is 0. The normalized spacial score (nSPS) is 8.50. The minimum absolute atomic E-state index is 0.0679. The molecule has 0 aliphatic heterocycles. The molecule has 0 bridgehead atoms. The van der Waals surface area contributed by atoms with Crippen LogP contribution in [-0.2, 0) is 9.59 Å². The molecule has 84 valence electrons. The third kappa shape index (κ3) is 13.5. The van der Waals surface area contributed by atoms with E-state index in [2.05, 4.69) is 5.32 Å². The van der Waals surface area contributed by atoms with Gasteiger partial charge >= 0.3 is 0 Å². The highest BCUT2D eigenvalue weighted by Gasteiger charge is 2.00. The van der Waals surface area contributed by atoms with Gasteiger partial charge in [0.25, 0.3) is 0 Å². The molecule has 0 heterocycles. The van der Waals surface area contributed by atoms with Gasteiger partial charge in [-0.1, -0.05) is 13.8 Å². The number of rotatable bonds is 6. The summed E-state index contributed by atoms with van der Waals surface area (Å²) in [6.07, 6.45) is 0.974. The summed E-state index contributed by atoms with van der Waals surface area (Å²) in [6.45, 7) is 4.19. The number of amides is 2. The maximum Gasteiger partial charge on any atom is 0.220 e. The molecule has 0 saturated carbocycles. The second-order valence-corrected chi connectivity index (χ2v) is 2.39. The first-order valence-electron chi connectivity index (χ1n) is 4.82. The van der Waals surface area contributed by atoms with E-state index in [9.17, 15) is 9.59 Å². The van der Waals surface area contributed by atoms with Crippen molar-refractivity contribution in [2.24, 2.45) is 5.73 Å². The van der Waals surface area contributed by atoms with E-state index < -0.39 is 5.91 Å². The average molecular weight is 204 g/mol. The van der Waals surface area contributed by atoms with Crippen molar-refractivity contribution in [3.63, 3.8) is 0 Å². The highest BCUT2D eigenvalue weighted by Crippen LogP contribution is 1.93. The summed E-state index contributed by atoms with van der Waals surface area (Å²) in [5.41, 5.74) is 4.87. The van der Waals surface area contributed by atoms with E-state index >= 15 is 0 Å². The van der Waals surface area contributed by atoms with Crippen LogP contribution >= 0.6 is 0 Å². The Morgan fingerprint density at radius 2 is 1.86 bits per heavy atom. The van der Waals surface area contributed by atoms with Crippen molar-refractivity contribution in [1.29, 1.82) is 0 Å². The van der Waals surface area contributed by atoms with Crippen LogP contribution in [0.2, 0.25) is 0 Å². The zero-order valence-electron chi connectivity index (χ0n) is 8.88. The molecule has 0 rings (SSSR count). The van der Waals surface area contributed by atoms with E-state index in [1.807, 2.05) is 13.8 Å². The Hall–Kier alpha value is -1.10. The Bertz CT molecular complexity index is 160. The number of nitrogens with one attached hydrogen (secondary N) is 1. The van der Waals surface area contributed by atoms with Crippen LogP contribution in [0.15, 0.2) is 0 Å². The third-order valence-electron chi connectivity index (χ3n) is 1.26. The highest BCUT2D eigenvalue weighted by atomic mass is 16.3. The molecule has 0 saturated heterocycles. The Morgan fingerprint density at radius 3 is 2.29 bits per heavy atom. The van der Waals surface area contributed by atoms with Crippen molar-refractivity contribution in [3.05, 3.63) is 0 Å². The van der Waals surface area contributed by atoms with Crippen molar-refractivity contribution in [2.75, 3.05) is 13.2 Å². The molecule has 0 aromatic heterocycles. The van der Waals surface area contributed by atoms with Gasteiger partial charge in [-0.2, -0.15) is 0 Å². The molecule has 0 spiro atoms. The third-order valence-corrected chi connectivity index (χ3v) is 1.26. The van der Waals surface area contributed by atoms with Crippen LogP contribution in [0.1, 0.15) is 33.1 Å². The summed E-state index contributed by atoms with van der Waals surface area (Å²) in [6, 6.07) is 0. The Labute approximate surface area is 84.7 Å². The number of nitrogens with two attached hydrogens (primary N) is 1. The SMILES string of the molecule is CC.NC(=O)CCCC(=O)NCCO. The van der Waals surface area contributed by atoms with Crippen LogP contribution in [0, 0.1) is 0 Å². The number of aliphatic hydroxyl groups is 1. The van der Waals surface area contributed by atoms with Crippen LogP contribution < -0.4 is 11.1 Å². The van der Waals surface area contributed by atoms with Crippen LogP contribution in [0.3, 0.4) is 0 Å². The molecule has 0 unspecified atom stereocenters. The molecule has 5 nitrogen and oxygen atoms in total. The monoisotopic (exact) mass is 204 g/mol. The molecule has 0 aliphatic rings. The number of primary amides is 1. The molecule has 4 N–H and O–H groups in total. The minimum Gasteiger partial charge on any atom is -0.395 e. The summed E-state index contributed by atoms with van der Waals surface area (Å²) < 4.78 is 0. The van der Waals surface area contributed by atoms with Gasteiger partial charge < -0.3 is 16.2 Å². The maximum atomic E-state index is 10.8. The fourth-order valence-electron chi connectivity index (χ4n) is 0.707. The van der Waals surface area contributed by atoms with Gasteiger partial charge in [0.2, 0.25) is 11.8 Å². The smallest absolute Gasteiger partial charge is 0.220 e. The van der Waals surface area contributed by atoms with Gasteiger partial charge in [-0.3, -0.25) is 9.59 Å². The lowest BCUT2D eigenvalue weighted by Crippen LogP contribution is -2.26. The fourth-order valence-corrected chi connectivity index (χ4v) is 0.707. The molecule has 0 aliphatic carbocycles. The van der Waals surface area contributed by atoms with Gasteiger partial charge in [0.05, 0.1) is 6.61 Å². The quantitative estimate of drug-likeness (QED) is 0.558. The summed E-state index contributed by atoms with van der Waals surface area (Å²) in [4.78, 5) is 21.1. The molecule has 0 aromatic carbocycles. The van der Waals surface area contributed by atoms with Crippen molar-refractivity contribution < 1.29 is 14.7 Å². The van der Waals surface area contributed by atoms with Gasteiger partial charge in [-0.15, -0.1) is 0 Å².